The van der Waals surface area contributed by atoms with Crippen molar-refractivity contribution in [3.05, 3.63) is 133 Å². The van der Waals surface area contributed by atoms with E-state index in [2.05, 4.69) is 133 Å². The highest BCUT2D eigenvalue weighted by Crippen LogP contribution is 2.45. The van der Waals surface area contributed by atoms with Gasteiger partial charge in [-0.15, -0.1) is 0 Å². The van der Waals surface area contributed by atoms with Gasteiger partial charge in [0.15, 0.2) is 0 Å². The highest BCUT2D eigenvalue weighted by atomic mass is 32.2. The quantitative estimate of drug-likeness (QED) is 0.247. The molecule has 0 bridgehead atoms. The van der Waals surface area contributed by atoms with Crippen LogP contribution in [0.2, 0.25) is 0 Å². The Bertz CT molecular complexity index is 1660. The van der Waals surface area contributed by atoms with Gasteiger partial charge in [0.05, 0.1) is 6.26 Å². The van der Waals surface area contributed by atoms with Gasteiger partial charge >= 0.3 is 0 Å². The molecular formula is C33H26O3S. The summed E-state index contributed by atoms with van der Waals surface area (Å²) >= 11 is 0. The molecule has 4 heteroatoms. The molecular weight excluding hydrogens is 476 g/mol. The van der Waals surface area contributed by atoms with Gasteiger partial charge in [-0.05, 0) is 54.9 Å². The van der Waals surface area contributed by atoms with Crippen molar-refractivity contribution in [3.63, 3.8) is 0 Å². The number of hydrogen-bond acceptors (Lipinski definition) is 2. The van der Waals surface area contributed by atoms with Gasteiger partial charge < -0.3 is 0 Å². The standard InChI is InChI=1S/C32H22.CH4O3S/c1-3-11-23(12-4-1)29-21-19-25-15-7-9-17-27(25)31(29)32-28-18-10-8-16-26(28)20-22-30(32)24-13-5-2-6-14-24;1-5(2,3)4/h1-22H;1H3,(H,2,3,4). The number of benzene rings is 6. The second kappa shape index (κ2) is 10.4. The first-order valence-corrected chi connectivity index (χ1v) is 13.8. The Morgan fingerprint density at radius 3 is 1.16 bits per heavy atom. The predicted octanol–water partition coefficient (Wildman–Crippen LogP) is 8.50. The lowest BCUT2D eigenvalue weighted by atomic mass is 9.83. The van der Waals surface area contributed by atoms with E-state index in [0.29, 0.717) is 6.26 Å². The molecule has 0 spiro atoms. The molecule has 0 aliphatic heterocycles. The van der Waals surface area contributed by atoms with Crippen molar-refractivity contribution in [2.24, 2.45) is 0 Å². The van der Waals surface area contributed by atoms with Crippen molar-refractivity contribution in [2.75, 3.05) is 6.26 Å². The smallest absolute Gasteiger partial charge is 0.261 e. The van der Waals surface area contributed by atoms with E-state index in [9.17, 15) is 8.42 Å². The van der Waals surface area contributed by atoms with Crippen LogP contribution in [0.25, 0.3) is 54.9 Å². The van der Waals surface area contributed by atoms with Crippen molar-refractivity contribution in [1.29, 1.82) is 0 Å². The molecule has 0 aliphatic rings. The van der Waals surface area contributed by atoms with Crippen molar-refractivity contribution in [2.45, 2.75) is 0 Å². The van der Waals surface area contributed by atoms with Gasteiger partial charge in [0.25, 0.3) is 10.1 Å². The normalized spacial score (nSPS) is 11.2. The second-order valence-electron chi connectivity index (χ2n) is 8.88. The van der Waals surface area contributed by atoms with Crippen molar-refractivity contribution in [3.8, 4) is 33.4 Å². The molecule has 0 atom stereocenters. The fourth-order valence-corrected chi connectivity index (χ4v) is 4.80. The molecule has 0 saturated heterocycles. The molecule has 1 N–H and O–H groups in total. The van der Waals surface area contributed by atoms with Crippen LogP contribution in [-0.2, 0) is 10.1 Å². The monoisotopic (exact) mass is 502 g/mol. The van der Waals surface area contributed by atoms with Crippen LogP contribution in [0.5, 0.6) is 0 Å². The average Bonchev–Trinajstić information content (AvgIpc) is 2.92. The fraction of sp³-hybridized carbons (Fsp3) is 0.0303. The maximum absolute atomic E-state index is 9.19. The average molecular weight is 503 g/mol. The minimum atomic E-state index is -3.67. The zero-order valence-corrected chi connectivity index (χ0v) is 21.2. The third-order valence-corrected chi connectivity index (χ3v) is 6.28. The van der Waals surface area contributed by atoms with Crippen molar-refractivity contribution >= 4 is 31.7 Å². The topological polar surface area (TPSA) is 54.4 Å². The third-order valence-electron chi connectivity index (χ3n) is 6.28. The highest BCUT2D eigenvalue weighted by molar-refractivity contribution is 7.85. The van der Waals surface area contributed by atoms with E-state index in [4.69, 9.17) is 4.55 Å². The molecule has 6 aromatic carbocycles. The molecule has 6 aromatic rings. The van der Waals surface area contributed by atoms with Gasteiger partial charge in [-0.2, -0.15) is 8.42 Å². The predicted molar refractivity (Wildman–Crippen MR) is 155 cm³/mol. The lowest BCUT2D eigenvalue weighted by Gasteiger charge is -2.20. The minimum absolute atomic E-state index is 0.715. The van der Waals surface area contributed by atoms with Crippen LogP contribution < -0.4 is 0 Å². The van der Waals surface area contributed by atoms with Gasteiger partial charge in [-0.1, -0.05) is 133 Å². The zero-order valence-electron chi connectivity index (χ0n) is 20.4. The van der Waals surface area contributed by atoms with E-state index >= 15 is 0 Å². The number of rotatable bonds is 3. The molecule has 0 fully saturated rings. The Kier molecular flexibility index (Phi) is 6.87. The van der Waals surface area contributed by atoms with Crippen LogP contribution >= 0.6 is 0 Å². The van der Waals surface area contributed by atoms with Gasteiger partial charge in [0, 0.05) is 0 Å². The SMILES string of the molecule is CS(=O)(=O)O.c1ccc(-c2ccc3ccccc3c2-c2c(-c3ccccc3)ccc3ccccc23)cc1. The molecule has 0 heterocycles. The summed E-state index contributed by atoms with van der Waals surface area (Å²) in [7, 11) is -3.67. The van der Waals surface area contributed by atoms with E-state index < -0.39 is 10.1 Å². The largest absolute Gasteiger partial charge is 0.286 e. The zero-order chi connectivity index (χ0) is 25.8. The summed E-state index contributed by atoms with van der Waals surface area (Å²) < 4.78 is 25.9. The van der Waals surface area contributed by atoms with Gasteiger partial charge in [0.1, 0.15) is 0 Å². The molecule has 0 saturated carbocycles. The summed E-state index contributed by atoms with van der Waals surface area (Å²) in [4.78, 5) is 0. The molecule has 6 rings (SSSR count). The maximum atomic E-state index is 9.19. The maximum Gasteiger partial charge on any atom is 0.261 e. The van der Waals surface area contributed by atoms with Crippen LogP contribution in [0.4, 0.5) is 0 Å². The first-order chi connectivity index (χ1) is 17.9. The van der Waals surface area contributed by atoms with Gasteiger partial charge in [0.2, 0.25) is 0 Å². The van der Waals surface area contributed by atoms with E-state index in [1.807, 2.05) is 0 Å². The number of hydrogen-bond donors (Lipinski definition) is 1. The summed E-state index contributed by atoms with van der Waals surface area (Å²) in [5.41, 5.74) is 7.59. The number of fused-ring (bicyclic) bond motifs is 2. The molecule has 0 aromatic heterocycles. The fourth-order valence-electron chi connectivity index (χ4n) is 4.80. The summed E-state index contributed by atoms with van der Waals surface area (Å²) in [5, 5.41) is 5.08. The minimum Gasteiger partial charge on any atom is -0.286 e. The summed E-state index contributed by atoms with van der Waals surface area (Å²) in [6, 6.07) is 48.0. The molecule has 182 valence electrons. The molecule has 0 unspecified atom stereocenters. The lowest BCUT2D eigenvalue weighted by molar-refractivity contribution is 0.490. The van der Waals surface area contributed by atoms with Crippen molar-refractivity contribution in [1.82, 2.24) is 0 Å². The summed E-state index contributed by atoms with van der Waals surface area (Å²) in [5.74, 6) is 0. The van der Waals surface area contributed by atoms with Crippen LogP contribution in [-0.4, -0.2) is 19.2 Å². The van der Waals surface area contributed by atoms with Crippen LogP contribution in [0, 0.1) is 0 Å². The van der Waals surface area contributed by atoms with Gasteiger partial charge in [-0.3, -0.25) is 4.55 Å². The van der Waals surface area contributed by atoms with E-state index in [0.717, 1.165) is 0 Å². The Hall–Kier alpha value is -4.25. The summed E-state index contributed by atoms with van der Waals surface area (Å²) in [6.07, 6.45) is 0.715. The van der Waals surface area contributed by atoms with Crippen molar-refractivity contribution < 1.29 is 13.0 Å². The first-order valence-electron chi connectivity index (χ1n) is 12.0. The molecule has 37 heavy (non-hydrogen) atoms. The highest BCUT2D eigenvalue weighted by Gasteiger charge is 2.18. The molecule has 0 aliphatic carbocycles. The van der Waals surface area contributed by atoms with Gasteiger partial charge in [-0.25, -0.2) is 0 Å². The first kappa shape index (κ1) is 24.4. The lowest BCUT2D eigenvalue weighted by Crippen LogP contribution is -1.93. The third kappa shape index (κ3) is 5.46. The van der Waals surface area contributed by atoms with E-state index in [1.165, 1.54) is 54.9 Å². The summed E-state index contributed by atoms with van der Waals surface area (Å²) in [6.45, 7) is 0. The molecule has 3 nitrogen and oxygen atoms in total. The Morgan fingerprint density at radius 1 is 0.459 bits per heavy atom. The second-order valence-corrected chi connectivity index (χ2v) is 10.3. The van der Waals surface area contributed by atoms with E-state index in [-0.39, 0.29) is 0 Å². The Labute approximate surface area is 217 Å². The molecule has 0 amide bonds. The molecule has 0 radical (unpaired) electrons. The van der Waals surface area contributed by atoms with Crippen LogP contribution in [0.1, 0.15) is 0 Å². The van der Waals surface area contributed by atoms with Crippen LogP contribution in [0.15, 0.2) is 133 Å². The Morgan fingerprint density at radius 2 is 0.784 bits per heavy atom. The Balaban J connectivity index is 0.000000514. The van der Waals surface area contributed by atoms with Crippen LogP contribution in [0.3, 0.4) is 0 Å². The van der Waals surface area contributed by atoms with E-state index in [1.54, 1.807) is 0 Å².